The first-order chi connectivity index (χ1) is 10.6. The Labute approximate surface area is 138 Å². The van der Waals surface area contributed by atoms with Crippen LogP contribution in [-0.2, 0) is 0 Å². The van der Waals surface area contributed by atoms with E-state index in [9.17, 15) is 5.11 Å². The summed E-state index contributed by atoms with van der Waals surface area (Å²) in [6, 6.07) is 0. The Bertz CT molecular complexity index is 391. The lowest BCUT2D eigenvalue weighted by molar-refractivity contribution is -0.120. The SMILES string of the molecule is CC.CC12CCC3C(CCC4CCCCC43C)C1CCC2O. The molecule has 0 amide bonds. The van der Waals surface area contributed by atoms with Crippen LogP contribution in [0.4, 0.5) is 0 Å². The summed E-state index contributed by atoms with van der Waals surface area (Å²) in [5.74, 6) is 3.76. The van der Waals surface area contributed by atoms with Gasteiger partial charge in [-0.2, -0.15) is 0 Å². The van der Waals surface area contributed by atoms with Crippen LogP contribution in [0, 0.1) is 34.5 Å². The van der Waals surface area contributed by atoms with Gasteiger partial charge in [0.15, 0.2) is 0 Å². The molecule has 0 aliphatic heterocycles. The molecule has 0 heterocycles. The maximum Gasteiger partial charge on any atom is 0.0596 e. The van der Waals surface area contributed by atoms with Crippen molar-refractivity contribution in [2.24, 2.45) is 34.5 Å². The summed E-state index contributed by atoms with van der Waals surface area (Å²) >= 11 is 0. The summed E-state index contributed by atoms with van der Waals surface area (Å²) in [5.41, 5.74) is 0.912. The minimum Gasteiger partial charge on any atom is -0.393 e. The molecule has 128 valence electrons. The van der Waals surface area contributed by atoms with E-state index in [0.717, 1.165) is 30.1 Å². The van der Waals surface area contributed by atoms with Gasteiger partial charge < -0.3 is 5.11 Å². The van der Waals surface area contributed by atoms with Crippen LogP contribution in [-0.4, -0.2) is 11.2 Å². The van der Waals surface area contributed by atoms with Crippen LogP contribution < -0.4 is 0 Å². The number of rotatable bonds is 0. The Morgan fingerprint density at radius 3 is 2.23 bits per heavy atom. The number of fused-ring (bicyclic) bond motifs is 5. The van der Waals surface area contributed by atoms with Gasteiger partial charge in [-0.05, 0) is 85.9 Å². The van der Waals surface area contributed by atoms with Crippen LogP contribution in [0.3, 0.4) is 0 Å². The van der Waals surface area contributed by atoms with Gasteiger partial charge in [-0.3, -0.25) is 0 Å². The predicted octanol–water partition coefficient (Wildman–Crippen LogP) is 5.81. The number of hydrogen-bond acceptors (Lipinski definition) is 1. The van der Waals surface area contributed by atoms with Crippen molar-refractivity contribution in [2.75, 3.05) is 0 Å². The third-order valence-electron chi connectivity index (χ3n) is 8.53. The third kappa shape index (κ3) is 2.29. The lowest BCUT2D eigenvalue weighted by atomic mass is 9.45. The summed E-state index contributed by atoms with van der Waals surface area (Å²) in [4.78, 5) is 0. The Morgan fingerprint density at radius 1 is 0.727 bits per heavy atom. The van der Waals surface area contributed by atoms with Crippen LogP contribution in [0.15, 0.2) is 0 Å². The van der Waals surface area contributed by atoms with Crippen LogP contribution in [0.2, 0.25) is 0 Å². The molecule has 4 aliphatic carbocycles. The molecule has 0 radical (unpaired) electrons. The molecule has 0 bridgehead atoms. The quantitative estimate of drug-likeness (QED) is 0.599. The summed E-state index contributed by atoms with van der Waals surface area (Å²) in [6.07, 6.45) is 14.0. The Morgan fingerprint density at radius 2 is 1.45 bits per heavy atom. The Hall–Kier alpha value is -0.0400. The zero-order chi connectivity index (χ0) is 16.0. The molecule has 4 rings (SSSR count). The molecule has 0 aromatic rings. The lowest BCUT2D eigenvalue weighted by Gasteiger charge is -2.60. The van der Waals surface area contributed by atoms with E-state index in [4.69, 9.17) is 0 Å². The van der Waals surface area contributed by atoms with Crippen LogP contribution in [0.5, 0.6) is 0 Å². The number of aliphatic hydroxyl groups excluding tert-OH is 1. The molecular weight excluding hydrogens is 268 g/mol. The predicted molar refractivity (Wildman–Crippen MR) is 93.7 cm³/mol. The summed E-state index contributed by atoms with van der Waals surface area (Å²) in [6.45, 7) is 9.04. The fourth-order valence-corrected chi connectivity index (χ4v) is 7.27. The van der Waals surface area contributed by atoms with E-state index in [1.165, 1.54) is 57.8 Å². The van der Waals surface area contributed by atoms with Crippen molar-refractivity contribution < 1.29 is 5.11 Å². The first kappa shape index (κ1) is 16.8. The van der Waals surface area contributed by atoms with E-state index in [-0.39, 0.29) is 11.5 Å². The minimum atomic E-state index is -0.00895. The minimum absolute atomic E-state index is 0.00895. The maximum absolute atomic E-state index is 10.5. The van der Waals surface area contributed by atoms with Gasteiger partial charge >= 0.3 is 0 Å². The summed E-state index contributed by atoms with van der Waals surface area (Å²) in [5, 5.41) is 10.5. The van der Waals surface area contributed by atoms with Crippen molar-refractivity contribution in [3.63, 3.8) is 0 Å². The molecule has 22 heavy (non-hydrogen) atoms. The van der Waals surface area contributed by atoms with Gasteiger partial charge in [0.25, 0.3) is 0 Å². The second-order valence-electron chi connectivity index (χ2n) is 9.04. The monoisotopic (exact) mass is 306 g/mol. The fraction of sp³-hybridized carbons (Fsp3) is 1.00. The molecule has 4 aliphatic rings. The van der Waals surface area contributed by atoms with Crippen molar-refractivity contribution in [3.8, 4) is 0 Å². The van der Waals surface area contributed by atoms with Gasteiger partial charge in [-0.25, -0.2) is 0 Å². The third-order valence-corrected chi connectivity index (χ3v) is 8.53. The highest BCUT2D eigenvalue weighted by Gasteiger charge is 2.59. The van der Waals surface area contributed by atoms with Crippen molar-refractivity contribution >= 4 is 0 Å². The zero-order valence-electron chi connectivity index (χ0n) is 15.4. The van der Waals surface area contributed by atoms with Crippen LogP contribution in [0.1, 0.15) is 91.9 Å². The standard InChI is InChI=1S/C19H32O.C2H6/c1-18-11-4-3-5-13(18)6-7-14-15-8-9-17(20)19(15,2)12-10-16(14)18;1-2/h13-17,20H,3-12H2,1-2H3;1-2H3. The molecule has 0 aromatic carbocycles. The molecule has 0 saturated heterocycles. The Balaban J connectivity index is 0.000000693. The first-order valence-electron chi connectivity index (χ1n) is 10.2. The molecule has 1 nitrogen and oxygen atoms in total. The van der Waals surface area contributed by atoms with Gasteiger partial charge in [0.05, 0.1) is 6.10 Å². The fourth-order valence-electron chi connectivity index (χ4n) is 7.27. The molecule has 4 saturated carbocycles. The average Bonchev–Trinajstić information content (AvgIpc) is 2.84. The molecule has 1 heteroatoms. The van der Waals surface area contributed by atoms with E-state index in [2.05, 4.69) is 13.8 Å². The van der Waals surface area contributed by atoms with Gasteiger partial charge in [0, 0.05) is 0 Å². The second kappa shape index (κ2) is 6.11. The maximum atomic E-state index is 10.5. The summed E-state index contributed by atoms with van der Waals surface area (Å²) < 4.78 is 0. The van der Waals surface area contributed by atoms with Crippen LogP contribution in [0.25, 0.3) is 0 Å². The highest BCUT2D eigenvalue weighted by Crippen LogP contribution is 2.66. The smallest absolute Gasteiger partial charge is 0.0596 e. The van der Waals surface area contributed by atoms with E-state index < -0.39 is 0 Å². The van der Waals surface area contributed by atoms with E-state index >= 15 is 0 Å². The molecule has 4 fully saturated rings. The summed E-state index contributed by atoms with van der Waals surface area (Å²) in [7, 11) is 0. The van der Waals surface area contributed by atoms with E-state index in [1.54, 1.807) is 0 Å². The molecule has 0 spiro atoms. The van der Waals surface area contributed by atoms with Gasteiger partial charge in [-0.1, -0.05) is 40.5 Å². The first-order valence-corrected chi connectivity index (χ1v) is 10.2. The van der Waals surface area contributed by atoms with Crippen molar-refractivity contribution in [3.05, 3.63) is 0 Å². The molecule has 1 N–H and O–H groups in total. The highest BCUT2D eigenvalue weighted by molar-refractivity contribution is 5.08. The van der Waals surface area contributed by atoms with Gasteiger partial charge in [0.1, 0.15) is 0 Å². The van der Waals surface area contributed by atoms with Crippen LogP contribution >= 0.6 is 0 Å². The molecule has 7 unspecified atom stereocenters. The highest BCUT2D eigenvalue weighted by atomic mass is 16.3. The number of hydrogen-bond donors (Lipinski definition) is 1. The lowest BCUT2D eigenvalue weighted by Crippen LogP contribution is -2.53. The molecule has 7 atom stereocenters. The Kier molecular flexibility index (Phi) is 4.67. The van der Waals surface area contributed by atoms with E-state index in [1.807, 2.05) is 13.8 Å². The van der Waals surface area contributed by atoms with E-state index in [0.29, 0.717) is 5.41 Å². The van der Waals surface area contributed by atoms with Gasteiger partial charge in [-0.15, -0.1) is 0 Å². The van der Waals surface area contributed by atoms with Crippen molar-refractivity contribution in [2.45, 2.75) is 98.0 Å². The van der Waals surface area contributed by atoms with Crippen molar-refractivity contribution in [1.82, 2.24) is 0 Å². The van der Waals surface area contributed by atoms with Gasteiger partial charge in [0.2, 0.25) is 0 Å². The zero-order valence-corrected chi connectivity index (χ0v) is 15.4. The molecular formula is C21H38O. The number of aliphatic hydroxyl groups is 1. The molecule has 0 aromatic heterocycles. The van der Waals surface area contributed by atoms with Crippen molar-refractivity contribution in [1.29, 1.82) is 0 Å². The topological polar surface area (TPSA) is 20.2 Å². The second-order valence-corrected chi connectivity index (χ2v) is 9.04. The largest absolute Gasteiger partial charge is 0.393 e. The normalized spacial score (nSPS) is 53.6. The average molecular weight is 307 g/mol.